The molecule has 1 aromatic rings. The van der Waals surface area contributed by atoms with Crippen LogP contribution in [-0.2, 0) is 0 Å². The van der Waals surface area contributed by atoms with Crippen molar-refractivity contribution in [3.8, 4) is 0 Å². The number of aromatic nitrogens is 2. The molecule has 1 aromatic heterocycles. The van der Waals surface area contributed by atoms with Crippen molar-refractivity contribution in [2.24, 2.45) is 10.9 Å². The molecular weight excluding hydrogens is 258 g/mol. The van der Waals surface area contributed by atoms with E-state index in [0.717, 1.165) is 31.4 Å². The van der Waals surface area contributed by atoms with Crippen molar-refractivity contribution in [3.63, 3.8) is 0 Å². The number of anilines is 1. The van der Waals surface area contributed by atoms with Gasteiger partial charge < -0.3 is 20.9 Å². The van der Waals surface area contributed by atoms with E-state index in [-0.39, 0.29) is 18.0 Å². The number of nitrogens with two attached hydrogens (primary N) is 1. The zero-order valence-corrected chi connectivity index (χ0v) is 11.8. The van der Waals surface area contributed by atoms with E-state index in [9.17, 15) is 5.11 Å². The van der Waals surface area contributed by atoms with Crippen LogP contribution in [0.5, 0.6) is 0 Å². The Labute approximate surface area is 118 Å². The normalized spacial score (nSPS) is 23.6. The van der Waals surface area contributed by atoms with Crippen LogP contribution >= 0.6 is 0 Å². The highest BCUT2D eigenvalue weighted by Gasteiger charge is 2.28. The van der Waals surface area contributed by atoms with Crippen molar-refractivity contribution in [1.82, 2.24) is 9.97 Å². The van der Waals surface area contributed by atoms with E-state index in [1.165, 1.54) is 0 Å². The summed E-state index contributed by atoms with van der Waals surface area (Å²) < 4.78 is 0. The van der Waals surface area contributed by atoms with Gasteiger partial charge in [-0.1, -0.05) is 18.0 Å². The fraction of sp³-hybridized carbons (Fsp3) is 0.615. The average molecular weight is 279 g/mol. The number of rotatable bonds is 3. The van der Waals surface area contributed by atoms with Gasteiger partial charge in [0, 0.05) is 12.7 Å². The van der Waals surface area contributed by atoms with Gasteiger partial charge >= 0.3 is 0 Å². The van der Waals surface area contributed by atoms with Crippen LogP contribution < -0.4 is 10.6 Å². The Morgan fingerprint density at radius 3 is 2.75 bits per heavy atom. The van der Waals surface area contributed by atoms with Crippen LogP contribution in [0.15, 0.2) is 11.2 Å². The predicted molar refractivity (Wildman–Crippen MR) is 75.9 cm³/mol. The molecule has 0 spiro atoms. The highest BCUT2D eigenvalue weighted by Crippen LogP contribution is 2.25. The first-order valence-electron chi connectivity index (χ1n) is 6.77. The van der Waals surface area contributed by atoms with Gasteiger partial charge in [0.05, 0.1) is 12.1 Å². The standard InChI is InChI=1S/C13H21N5O2/c1-8-7-9(12(14)17-20)16-13(15-8)18(2)10-5-3-4-6-11(10)19/h7,10-11,19-20H,3-6H2,1-2H3,(H2,14,17). The lowest BCUT2D eigenvalue weighted by Gasteiger charge is -2.35. The molecule has 0 aromatic carbocycles. The highest BCUT2D eigenvalue weighted by atomic mass is 16.4. The third kappa shape index (κ3) is 2.98. The summed E-state index contributed by atoms with van der Waals surface area (Å²) in [4.78, 5) is 10.6. The molecule has 1 fully saturated rings. The molecule has 0 aliphatic heterocycles. The summed E-state index contributed by atoms with van der Waals surface area (Å²) in [6, 6.07) is 1.66. The van der Waals surface area contributed by atoms with Crippen LogP contribution in [0, 0.1) is 6.92 Å². The maximum Gasteiger partial charge on any atom is 0.226 e. The van der Waals surface area contributed by atoms with E-state index in [1.54, 1.807) is 6.07 Å². The van der Waals surface area contributed by atoms with Crippen molar-refractivity contribution in [1.29, 1.82) is 0 Å². The minimum Gasteiger partial charge on any atom is -0.409 e. The number of aliphatic hydroxyl groups excluding tert-OH is 1. The fourth-order valence-corrected chi connectivity index (χ4v) is 2.58. The van der Waals surface area contributed by atoms with Crippen LogP contribution in [0.25, 0.3) is 0 Å². The topological polar surface area (TPSA) is 108 Å². The SMILES string of the molecule is Cc1cc(/C(N)=N/O)nc(N(C)C2CCCCC2O)n1. The molecule has 20 heavy (non-hydrogen) atoms. The van der Waals surface area contributed by atoms with Crippen molar-refractivity contribution >= 4 is 11.8 Å². The van der Waals surface area contributed by atoms with Gasteiger partial charge in [0.15, 0.2) is 5.84 Å². The Morgan fingerprint density at radius 2 is 2.10 bits per heavy atom. The number of amidine groups is 1. The van der Waals surface area contributed by atoms with Gasteiger partial charge in [0.1, 0.15) is 5.69 Å². The molecule has 0 radical (unpaired) electrons. The molecule has 4 N–H and O–H groups in total. The molecule has 0 amide bonds. The van der Waals surface area contributed by atoms with E-state index >= 15 is 0 Å². The van der Waals surface area contributed by atoms with Gasteiger partial charge in [0.25, 0.3) is 0 Å². The lowest BCUT2D eigenvalue weighted by Crippen LogP contribution is -2.44. The third-order valence-corrected chi connectivity index (χ3v) is 3.72. The van der Waals surface area contributed by atoms with Gasteiger partial charge in [-0.2, -0.15) is 0 Å². The monoisotopic (exact) mass is 279 g/mol. The lowest BCUT2D eigenvalue weighted by atomic mass is 9.92. The quantitative estimate of drug-likeness (QED) is 0.324. The molecule has 0 bridgehead atoms. The van der Waals surface area contributed by atoms with E-state index in [4.69, 9.17) is 10.9 Å². The molecule has 1 heterocycles. The first-order valence-corrected chi connectivity index (χ1v) is 6.77. The summed E-state index contributed by atoms with van der Waals surface area (Å²) in [5.41, 5.74) is 6.69. The molecule has 2 unspecified atom stereocenters. The van der Waals surface area contributed by atoms with E-state index in [2.05, 4.69) is 15.1 Å². The molecule has 7 nitrogen and oxygen atoms in total. The Bertz CT molecular complexity index is 506. The number of hydrogen-bond donors (Lipinski definition) is 3. The molecular formula is C13H21N5O2. The second-order valence-corrected chi connectivity index (χ2v) is 5.21. The molecule has 110 valence electrons. The van der Waals surface area contributed by atoms with Crippen LogP contribution in [0.2, 0.25) is 0 Å². The van der Waals surface area contributed by atoms with Crippen molar-refractivity contribution < 1.29 is 10.3 Å². The Morgan fingerprint density at radius 1 is 1.40 bits per heavy atom. The van der Waals surface area contributed by atoms with Crippen molar-refractivity contribution in [3.05, 3.63) is 17.5 Å². The number of aryl methyl sites for hydroxylation is 1. The number of likely N-dealkylation sites (N-methyl/N-ethyl adjacent to an activating group) is 1. The van der Waals surface area contributed by atoms with E-state index < -0.39 is 0 Å². The zero-order chi connectivity index (χ0) is 14.7. The molecule has 0 saturated heterocycles. The summed E-state index contributed by atoms with van der Waals surface area (Å²) >= 11 is 0. The van der Waals surface area contributed by atoms with Gasteiger partial charge in [-0.05, 0) is 25.8 Å². The Kier molecular flexibility index (Phi) is 4.39. The van der Waals surface area contributed by atoms with Crippen LogP contribution in [0.1, 0.15) is 37.1 Å². The number of oxime groups is 1. The summed E-state index contributed by atoms with van der Waals surface area (Å²) in [7, 11) is 1.87. The van der Waals surface area contributed by atoms with Crippen LogP contribution in [0.3, 0.4) is 0 Å². The van der Waals surface area contributed by atoms with Gasteiger partial charge in [0.2, 0.25) is 5.95 Å². The predicted octanol–water partition coefficient (Wildman–Crippen LogP) is 0.619. The molecule has 1 aliphatic carbocycles. The van der Waals surface area contributed by atoms with Gasteiger partial charge in [-0.25, -0.2) is 9.97 Å². The number of aliphatic hydroxyl groups is 1. The van der Waals surface area contributed by atoms with Crippen LogP contribution in [0.4, 0.5) is 5.95 Å². The second-order valence-electron chi connectivity index (χ2n) is 5.21. The summed E-state index contributed by atoms with van der Waals surface area (Å²) in [6.45, 7) is 1.82. The first-order chi connectivity index (χ1) is 9.52. The number of hydrogen-bond acceptors (Lipinski definition) is 6. The Balaban J connectivity index is 2.29. The van der Waals surface area contributed by atoms with Crippen molar-refractivity contribution in [2.75, 3.05) is 11.9 Å². The number of nitrogens with zero attached hydrogens (tertiary/aromatic N) is 4. The van der Waals surface area contributed by atoms with Gasteiger partial charge in [-0.3, -0.25) is 0 Å². The summed E-state index contributed by atoms with van der Waals surface area (Å²) in [6.07, 6.45) is 3.48. The maximum absolute atomic E-state index is 10.1. The lowest BCUT2D eigenvalue weighted by molar-refractivity contribution is 0.105. The molecule has 7 heteroatoms. The van der Waals surface area contributed by atoms with E-state index in [0.29, 0.717) is 11.6 Å². The summed E-state index contributed by atoms with van der Waals surface area (Å²) in [5, 5.41) is 21.8. The second kappa shape index (κ2) is 6.04. The van der Waals surface area contributed by atoms with Gasteiger partial charge in [-0.15, -0.1) is 0 Å². The highest BCUT2D eigenvalue weighted by molar-refractivity contribution is 5.95. The largest absolute Gasteiger partial charge is 0.409 e. The summed E-state index contributed by atoms with van der Waals surface area (Å²) in [5.74, 6) is 0.437. The molecule has 1 saturated carbocycles. The molecule has 2 rings (SSSR count). The maximum atomic E-state index is 10.1. The minimum absolute atomic E-state index is 0.00527. The fourth-order valence-electron chi connectivity index (χ4n) is 2.58. The molecule has 2 atom stereocenters. The smallest absolute Gasteiger partial charge is 0.226 e. The zero-order valence-electron chi connectivity index (χ0n) is 11.8. The molecule has 1 aliphatic rings. The van der Waals surface area contributed by atoms with E-state index in [1.807, 2.05) is 18.9 Å². The van der Waals surface area contributed by atoms with Crippen molar-refractivity contribution in [2.45, 2.75) is 44.8 Å². The first kappa shape index (κ1) is 14.5. The average Bonchev–Trinajstić information content (AvgIpc) is 2.45. The Hall–Kier alpha value is -1.89. The minimum atomic E-state index is -0.370. The third-order valence-electron chi connectivity index (χ3n) is 3.72. The van der Waals surface area contributed by atoms with Crippen LogP contribution in [-0.4, -0.2) is 45.3 Å².